The van der Waals surface area contributed by atoms with Crippen LogP contribution in [-0.4, -0.2) is 5.54 Å². The zero-order chi connectivity index (χ0) is 13.9. The maximum atomic E-state index is 6.00. The first-order valence-corrected chi connectivity index (χ1v) is 6.47. The van der Waals surface area contributed by atoms with E-state index >= 15 is 0 Å². The Morgan fingerprint density at radius 1 is 1.11 bits per heavy atom. The zero-order valence-corrected chi connectivity index (χ0v) is 12.5. The summed E-state index contributed by atoms with van der Waals surface area (Å²) in [5.74, 6) is 0. The van der Waals surface area contributed by atoms with Gasteiger partial charge in [-0.2, -0.15) is 0 Å². The molecule has 0 saturated carbocycles. The predicted molar refractivity (Wildman–Crippen MR) is 81.7 cm³/mol. The maximum absolute atomic E-state index is 6.00. The summed E-state index contributed by atoms with van der Waals surface area (Å²) < 4.78 is 0. The van der Waals surface area contributed by atoms with Crippen LogP contribution in [0, 0.1) is 20.8 Å². The summed E-state index contributed by atoms with van der Waals surface area (Å²) in [6.07, 6.45) is 6.33. The van der Waals surface area contributed by atoms with Gasteiger partial charge in [-0.1, -0.05) is 35.9 Å². The van der Waals surface area contributed by atoms with E-state index in [9.17, 15) is 0 Å². The second-order valence-electron chi connectivity index (χ2n) is 5.67. The fourth-order valence-electron chi connectivity index (χ4n) is 2.26. The van der Waals surface area contributed by atoms with Crippen molar-refractivity contribution in [2.24, 2.45) is 5.73 Å². The van der Waals surface area contributed by atoms with E-state index in [-0.39, 0.29) is 5.54 Å². The van der Waals surface area contributed by atoms with E-state index in [4.69, 9.17) is 5.73 Å². The molecule has 0 aliphatic carbocycles. The molecule has 18 heavy (non-hydrogen) atoms. The number of hydrogen-bond donors (Lipinski definition) is 1. The van der Waals surface area contributed by atoms with Crippen molar-refractivity contribution in [2.75, 3.05) is 0 Å². The van der Waals surface area contributed by atoms with Gasteiger partial charge in [-0.05, 0) is 63.8 Å². The predicted octanol–water partition coefficient (Wildman–Crippen LogP) is 4.31. The monoisotopic (exact) mass is 243 g/mol. The Kier molecular flexibility index (Phi) is 4.53. The second-order valence-corrected chi connectivity index (χ2v) is 5.67. The Bertz CT molecular complexity index is 462. The van der Waals surface area contributed by atoms with Crippen molar-refractivity contribution in [1.82, 2.24) is 0 Å². The lowest BCUT2D eigenvalue weighted by molar-refractivity contribution is 0.654. The summed E-state index contributed by atoms with van der Waals surface area (Å²) in [6, 6.07) is 4.46. The van der Waals surface area contributed by atoms with Crippen LogP contribution in [0.5, 0.6) is 0 Å². The third-order valence-corrected chi connectivity index (χ3v) is 2.97. The lowest BCUT2D eigenvalue weighted by Gasteiger charge is -2.15. The minimum Gasteiger partial charge on any atom is -0.322 e. The Labute approximate surface area is 111 Å². The first kappa shape index (κ1) is 14.7. The molecule has 98 valence electrons. The molecule has 1 nitrogen and oxygen atoms in total. The van der Waals surface area contributed by atoms with Crippen molar-refractivity contribution in [3.05, 3.63) is 52.6 Å². The SMILES string of the molecule is C/C=C(\C=C/C(C)(C)N)c1c(C)cc(C)cc1C. The molecule has 0 radical (unpaired) electrons. The highest BCUT2D eigenvalue weighted by Crippen LogP contribution is 2.26. The summed E-state index contributed by atoms with van der Waals surface area (Å²) in [7, 11) is 0. The number of nitrogens with two attached hydrogens (primary N) is 1. The van der Waals surface area contributed by atoms with Gasteiger partial charge in [0.2, 0.25) is 0 Å². The molecule has 0 aromatic heterocycles. The largest absolute Gasteiger partial charge is 0.322 e. The first-order chi connectivity index (χ1) is 8.24. The summed E-state index contributed by atoms with van der Waals surface area (Å²) in [5, 5.41) is 0. The minimum absolute atomic E-state index is 0.277. The highest BCUT2D eigenvalue weighted by molar-refractivity contribution is 5.78. The van der Waals surface area contributed by atoms with Gasteiger partial charge in [0.25, 0.3) is 0 Å². The van der Waals surface area contributed by atoms with Gasteiger partial charge in [0, 0.05) is 5.54 Å². The molecule has 1 aromatic carbocycles. The molecular weight excluding hydrogens is 218 g/mol. The lowest BCUT2D eigenvalue weighted by atomic mass is 9.92. The van der Waals surface area contributed by atoms with Gasteiger partial charge in [0.05, 0.1) is 0 Å². The summed E-state index contributed by atoms with van der Waals surface area (Å²) in [4.78, 5) is 0. The molecule has 1 aromatic rings. The van der Waals surface area contributed by atoms with Crippen LogP contribution in [0.3, 0.4) is 0 Å². The number of allylic oxidation sites excluding steroid dienone is 3. The molecule has 0 spiro atoms. The third kappa shape index (κ3) is 3.85. The van der Waals surface area contributed by atoms with Crippen LogP contribution in [0.25, 0.3) is 5.57 Å². The van der Waals surface area contributed by atoms with Gasteiger partial charge < -0.3 is 5.73 Å². The van der Waals surface area contributed by atoms with Gasteiger partial charge >= 0.3 is 0 Å². The quantitative estimate of drug-likeness (QED) is 0.787. The molecule has 0 aliphatic heterocycles. The minimum atomic E-state index is -0.277. The highest BCUT2D eigenvalue weighted by Gasteiger charge is 2.09. The fourth-order valence-corrected chi connectivity index (χ4v) is 2.26. The number of hydrogen-bond acceptors (Lipinski definition) is 1. The van der Waals surface area contributed by atoms with Crippen LogP contribution < -0.4 is 5.73 Å². The van der Waals surface area contributed by atoms with E-state index in [1.165, 1.54) is 27.8 Å². The van der Waals surface area contributed by atoms with E-state index in [1.807, 2.05) is 13.8 Å². The van der Waals surface area contributed by atoms with Crippen molar-refractivity contribution in [1.29, 1.82) is 0 Å². The van der Waals surface area contributed by atoms with Crippen LogP contribution in [0.4, 0.5) is 0 Å². The van der Waals surface area contributed by atoms with E-state index in [2.05, 4.69) is 58.1 Å². The average molecular weight is 243 g/mol. The van der Waals surface area contributed by atoms with Crippen molar-refractivity contribution in [2.45, 2.75) is 47.1 Å². The smallest absolute Gasteiger partial charge is 0.0284 e. The fraction of sp³-hybridized carbons (Fsp3) is 0.412. The number of rotatable bonds is 3. The van der Waals surface area contributed by atoms with Crippen LogP contribution in [0.1, 0.15) is 43.0 Å². The van der Waals surface area contributed by atoms with E-state index in [0.717, 1.165) is 0 Å². The number of aryl methyl sites for hydroxylation is 3. The Morgan fingerprint density at radius 2 is 1.61 bits per heavy atom. The molecule has 0 amide bonds. The van der Waals surface area contributed by atoms with Crippen molar-refractivity contribution < 1.29 is 0 Å². The molecule has 1 heteroatoms. The molecule has 0 saturated heterocycles. The Balaban J connectivity index is 3.24. The molecule has 0 unspecified atom stereocenters. The normalized spacial score (nSPS) is 13.4. The van der Waals surface area contributed by atoms with Crippen molar-refractivity contribution >= 4 is 5.57 Å². The Morgan fingerprint density at radius 3 is 2.00 bits per heavy atom. The molecule has 0 heterocycles. The molecule has 2 N–H and O–H groups in total. The zero-order valence-electron chi connectivity index (χ0n) is 12.5. The third-order valence-electron chi connectivity index (χ3n) is 2.97. The van der Waals surface area contributed by atoms with E-state index in [0.29, 0.717) is 0 Å². The molecule has 0 atom stereocenters. The molecule has 1 rings (SSSR count). The second kappa shape index (κ2) is 5.53. The summed E-state index contributed by atoms with van der Waals surface area (Å²) in [6.45, 7) is 12.6. The van der Waals surface area contributed by atoms with E-state index < -0.39 is 0 Å². The van der Waals surface area contributed by atoms with Gasteiger partial charge in [0.15, 0.2) is 0 Å². The van der Waals surface area contributed by atoms with Crippen molar-refractivity contribution in [3.8, 4) is 0 Å². The maximum Gasteiger partial charge on any atom is 0.0284 e. The lowest BCUT2D eigenvalue weighted by Crippen LogP contribution is -2.28. The van der Waals surface area contributed by atoms with Gasteiger partial charge in [-0.25, -0.2) is 0 Å². The standard InChI is InChI=1S/C17H25N/c1-7-15(8-9-17(5,6)18)16-13(3)10-12(2)11-14(16)4/h7-11H,18H2,1-6H3/b9-8-,15-7+. The van der Waals surface area contributed by atoms with Crippen LogP contribution in [0.2, 0.25) is 0 Å². The van der Waals surface area contributed by atoms with Gasteiger partial charge in [0.1, 0.15) is 0 Å². The molecular formula is C17H25N. The molecule has 0 bridgehead atoms. The van der Waals surface area contributed by atoms with Gasteiger partial charge in [-0.15, -0.1) is 0 Å². The van der Waals surface area contributed by atoms with E-state index in [1.54, 1.807) is 0 Å². The Hall–Kier alpha value is -1.34. The highest BCUT2D eigenvalue weighted by atomic mass is 14.7. The van der Waals surface area contributed by atoms with Crippen molar-refractivity contribution in [3.63, 3.8) is 0 Å². The average Bonchev–Trinajstić information content (AvgIpc) is 2.20. The topological polar surface area (TPSA) is 26.0 Å². The first-order valence-electron chi connectivity index (χ1n) is 6.47. The number of benzene rings is 1. The van der Waals surface area contributed by atoms with Crippen LogP contribution in [-0.2, 0) is 0 Å². The van der Waals surface area contributed by atoms with Crippen LogP contribution in [0.15, 0.2) is 30.4 Å². The molecule has 0 aliphatic rings. The summed E-state index contributed by atoms with van der Waals surface area (Å²) in [5.41, 5.74) is 12.2. The van der Waals surface area contributed by atoms with Gasteiger partial charge in [-0.3, -0.25) is 0 Å². The van der Waals surface area contributed by atoms with Crippen LogP contribution >= 0.6 is 0 Å². The summed E-state index contributed by atoms with van der Waals surface area (Å²) >= 11 is 0. The molecule has 0 fully saturated rings.